The van der Waals surface area contributed by atoms with Crippen LogP contribution in [-0.2, 0) is 19.2 Å². The van der Waals surface area contributed by atoms with Gasteiger partial charge in [0.1, 0.15) is 17.8 Å². The molecule has 0 spiro atoms. The van der Waals surface area contributed by atoms with Crippen LogP contribution in [0.5, 0.6) is 0 Å². The first-order valence-electron chi connectivity index (χ1n) is 4.44. The van der Waals surface area contributed by atoms with Gasteiger partial charge in [0.2, 0.25) is 0 Å². The minimum Gasteiger partial charge on any atom is -0.478 e. The van der Waals surface area contributed by atoms with E-state index in [0.29, 0.717) is 5.57 Å². The number of allylic oxidation sites excluding steroid dienone is 4. The monoisotopic (exact) mass is 236 g/mol. The summed E-state index contributed by atoms with van der Waals surface area (Å²) in [4.78, 5) is 38.8. The zero-order chi connectivity index (χ0) is 13.8. The fraction of sp³-hybridized carbons (Fsp3) is 0.250. The van der Waals surface area contributed by atoms with Crippen molar-refractivity contribution in [3.8, 4) is 0 Å². The quantitative estimate of drug-likeness (QED) is 0.447. The maximum atomic E-state index is 10.1. The van der Waals surface area contributed by atoms with Gasteiger partial charge in [-0.2, -0.15) is 0 Å². The van der Waals surface area contributed by atoms with Crippen molar-refractivity contribution in [2.75, 3.05) is 0 Å². The van der Waals surface area contributed by atoms with Gasteiger partial charge in [-0.25, -0.2) is 19.2 Å². The van der Waals surface area contributed by atoms with Crippen molar-refractivity contribution < 1.29 is 24.3 Å². The van der Waals surface area contributed by atoms with Crippen molar-refractivity contribution >= 4 is 23.8 Å². The Morgan fingerprint density at radius 1 is 1.00 bits per heavy atom. The van der Waals surface area contributed by atoms with Crippen LogP contribution in [0.3, 0.4) is 0 Å². The third-order valence-electron chi connectivity index (χ3n) is 1.62. The lowest BCUT2D eigenvalue weighted by molar-refractivity contribution is -0.132. The molecule has 5 nitrogen and oxygen atoms in total. The molecule has 0 aromatic carbocycles. The summed E-state index contributed by atoms with van der Waals surface area (Å²) in [5.74, 6) is 3.14. The Labute approximate surface area is 98.4 Å². The van der Waals surface area contributed by atoms with Crippen LogP contribution in [0.2, 0.25) is 0 Å². The molecule has 0 aliphatic heterocycles. The molecule has 0 rings (SSSR count). The summed E-state index contributed by atoms with van der Waals surface area (Å²) < 4.78 is 0. The Kier molecular flexibility index (Phi) is 10.1. The number of carbonyl (C=O) groups is 1. The van der Waals surface area contributed by atoms with E-state index >= 15 is 0 Å². The Bertz CT molecular complexity index is 427. The second-order valence-corrected chi connectivity index (χ2v) is 3.01. The summed E-state index contributed by atoms with van der Waals surface area (Å²) in [6.45, 7) is 5.16. The molecule has 0 aromatic heterocycles. The molecular weight excluding hydrogens is 224 g/mol. The maximum Gasteiger partial charge on any atom is 0.331 e. The van der Waals surface area contributed by atoms with E-state index in [1.807, 2.05) is 0 Å². The van der Waals surface area contributed by atoms with Crippen LogP contribution in [-0.4, -0.2) is 28.9 Å². The molecule has 0 saturated heterocycles. The average Bonchev–Trinajstić information content (AvgIpc) is 2.28. The predicted molar refractivity (Wildman–Crippen MR) is 61.4 cm³/mol. The van der Waals surface area contributed by atoms with Crippen molar-refractivity contribution in [1.29, 1.82) is 0 Å². The molecule has 0 amide bonds. The van der Waals surface area contributed by atoms with Crippen LogP contribution in [0.4, 0.5) is 0 Å². The minimum atomic E-state index is -0.829. The van der Waals surface area contributed by atoms with Crippen LogP contribution < -0.4 is 0 Å². The molecule has 5 heteroatoms. The molecule has 0 saturated carbocycles. The van der Waals surface area contributed by atoms with E-state index < -0.39 is 5.97 Å². The first kappa shape index (κ1) is 17.0. The van der Waals surface area contributed by atoms with Crippen LogP contribution in [0.25, 0.3) is 0 Å². The van der Waals surface area contributed by atoms with E-state index in [-0.39, 0.29) is 5.57 Å². The van der Waals surface area contributed by atoms with Gasteiger partial charge in [-0.05, 0) is 20.8 Å². The normalized spacial score (nSPS) is 7.00. The highest BCUT2D eigenvalue weighted by atomic mass is 16.4. The van der Waals surface area contributed by atoms with Crippen molar-refractivity contribution in [2.24, 2.45) is 0 Å². The molecule has 17 heavy (non-hydrogen) atoms. The number of rotatable bonds is 3. The van der Waals surface area contributed by atoms with Gasteiger partial charge >= 0.3 is 5.97 Å². The first-order valence-corrected chi connectivity index (χ1v) is 4.44. The molecule has 0 aromatic rings. The number of carboxylic acids is 1. The highest BCUT2D eigenvalue weighted by molar-refractivity contribution is 5.86. The predicted octanol–water partition coefficient (Wildman–Crippen LogP) is 0.947. The molecule has 0 radical (unpaired) electrons. The van der Waals surface area contributed by atoms with E-state index in [1.165, 1.54) is 17.8 Å². The van der Waals surface area contributed by atoms with Gasteiger partial charge in [0, 0.05) is 17.7 Å². The topological polar surface area (TPSA) is 88.5 Å². The lowest BCUT2D eigenvalue weighted by atomic mass is 10.2. The average molecular weight is 236 g/mol. The van der Waals surface area contributed by atoms with Gasteiger partial charge in [-0.1, -0.05) is 5.57 Å². The lowest BCUT2D eigenvalue weighted by Gasteiger charge is -1.92. The molecule has 0 heterocycles. The number of hydrogen-bond donors (Lipinski definition) is 1. The van der Waals surface area contributed by atoms with Crippen molar-refractivity contribution in [3.63, 3.8) is 0 Å². The zero-order valence-electron chi connectivity index (χ0n) is 9.73. The Morgan fingerprint density at radius 2 is 1.41 bits per heavy atom. The lowest BCUT2D eigenvalue weighted by Crippen LogP contribution is -1.97. The fourth-order valence-corrected chi connectivity index (χ4v) is 0.441. The number of carboxylic acid groups (broad SMARTS) is 1. The molecular formula is C12H12O5. The SMILES string of the molecule is CC(C)=C(C)C(=O)O.O=C=CC(=C=O)C=C=O. The summed E-state index contributed by atoms with van der Waals surface area (Å²) in [6, 6.07) is 0. The summed E-state index contributed by atoms with van der Waals surface area (Å²) in [6.07, 6.45) is 1.61. The summed E-state index contributed by atoms with van der Waals surface area (Å²) in [5.41, 5.74) is 1.14. The summed E-state index contributed by atoms with van der Waals surface area (Å²) in [5, 5.41) is 8.29. The smallest absolute Gasteiger partial charge is 0.331 e. The number of aliphatic carboxylic acids is 1. The standard InChI is InChI=1S/C6H2O3.C6H10O2/c7-3-1-6(5-9)2-4-8;1-4(2)5(3)6(7)8/h1-2H;1-3H3,(H,7,8). The van der Waals surface area contributed by atoms with Crippen LogP contribution >= 0.6 is 0 Å². The fourth-order valence-electron chi connectivity index (χ4n) is 0.441. The Balaban J connectivity index is 0. The molecule has 1 N–H and O–H groups in total. The third kappa shape index (κ3) is 9.85. The van der Waals surface area contributed by atoms with Crippen LogP contribution in [0.15, 0.2) is 28.9 Å². The van der Waals surface area contributed by atoms with Gasteiger partial charge in [-0.3, -0.25) is 0 Å². The summed E-state index contributed by atoms with van der Waals surface area (Å²) in [7, 11) is 0. The highest BCUT2D eigenvalue weighted by Crippen LogP contribution is 1.99. The van der Waals surface area contributed by atoms with E-state index in [0.717, 1.165) is 17.7 Å². The van der Waals surface area contributed by atoms with Crippen molar-refractivity contribution in [1.82, 2.24) is 0 Å². The van der Waals surface area contributed by atoms with Gasteiger partial charge in [-0.15, -0.1) is 0 Å². The first-order chi connectivity index (χ1) is 7.90. The molecule has 0 aliphatic rings. The van der Waals surface area contributed by atoms with Gasteiger partial charge in [0.25, 0.3) is 0 Å². The molecule has 0 aliphatic carbocycles. The summed E-state index contributed by atoms with van der Waals surface area (Å²) >= 11 is 0. The maximum absolute atomic E-state index is 10.1. The minimum absolute atomic E-state index is 0.153. The van der Waals surface area contributed by atoms with Crippen molar-refractivity contribution in [2.45, 2.75) is 20.8 Å². The highest BCUT2D eigenvalue weighted by Gasteiger charge is 1.99. The second-order valence-electron chi connectivity index (χ2n) is 3.01. The van der Waals surface area contributed by atoms with Gasteiger partial charge < -0.3 is 5.11 Å². The zero-order valence-corrected chi connectivity index (χ0v) is 9.73. The second kappa shape index (κ2) is 10.1. The van der Waals surface area contributed by atoms with E-state index in [4.69, 9.17) is 5.11 Å². The molecule has 0 bridgehead atoms. The molecule has 0 fully saturated rings. The Hall–Kier alpha value is -2.44. The van der Waals surface area contributed by atoms with Gasteiger partial charge in [0.15, 0.2) is 0 Å². The van der Waals surface area contributed by atoms with E-state index in [9.17, 15) is 19.2 Å². The molecule has 0 atom stereocenters. The number of hydrogen-bond acceptors (Lipinski definition) is 4. The largest absolute Gasteiger partial charge is 0.478 e. The molecule has 90 valence electrons. The Morgan fingerprint density at radius 3 is 1.53 bits per heavy atom. The van der Waals surface area contributed by atoms with Crippen LogP contribution in [0, 0.1) is 0 Å². The van der Waals surface area contributed by atoms with E-state index in [2.05, 4.69) is 0 Å². The van der Waals surface area contributed by atoms with Crippen LogP contribution in [0.1, 0.15) is 20.8 Å². The van der Waals surface area contributed by atoms with Crippen molar-refractivity contribution in [3.05, 3.63) is 28.9 Å². The third-order valence-corrected chi connectivity index (χ3v) is 1.62. The number of carbonyl (C=O) groups excluding carboxylic acids is 3. The molecule has 0 unspecified atom stereocenters. The van der Waals surface area contributed by atoms with E-state index in [1.54, 1.807) is 20.8 Å². The van der Waals surface area contributed by atoms with Gasteiger partial charge in [0.05, 0.1) is 5.57 Å².